The first-order valence-corrected chi connectivity index (χ1v) is 4.31. The SMILES string of the molecule is CN(C)C(=O)CN1CC(C)(C#N)C1. The molecule has 0 aliphatic carbocycles. The number of rotatable bonds is 2. The summed E-state index contributed by atoms with van der Waals surface area (Å²) in [6.45, 7) is 3.78. The predicted octanol–water partition coefficient (Wildman–Crippen LogP) is -0.0799. The van der Waals surface area contributed by atoms with E-state index in [9.17, 15) is 4.79 Å². The molecule has 0 aromatic heterocycles. The van der Waals surface area contributed by atoms with E-state index in [0.717, 1.165) is 0 Å². The van der Waals surface area contributed by atoms with E-state index < -0.39 is 0 Å². The minimum absolute atomic E-state index is 0.0972. The van der Waals surface area contributed by atoms with Gasteiger partial charge < -0.3 is 4.90 Å². The summed E-state index contributed by atoms with van der Waals surface area (Å²) >= 11 is 0. The number of likely N-dealkylation sites (tertiary alicyclic amines) is 1. The molecule has 1 fully saturated rings. The number of carbonyl (C=O) groups excluding carboxylic acids is 1. The minimum Gasteiger partial charge on any atom is -0.348 e. The van der Waals surface area contributed by atoms with Crippen LogP contribution in [0.25, 0.3) is 0 Å². The van der Waals surface area contributed by atoms with Crippen molar-refractivity contribution in [3.8, 4) is 6.07 Å². The highest BCUT2D eigenvalue weighted by atomic mass is 16.2. The summed E-state index contributed by atoms with van der Waals surface area (Å²) in [7, 11) is 3.48. The lowest BCUT2D eigenvalue weighted by Crippen LogP contribution is -2.56. The van der Waals surface area contributed by atoms with Gasteiger partial charge >= 0.3 is 0 Å². The molecule has 0 atom stereocenters. The topological polar surface area (TPSA) is 47.3 Å². The number of hydrogen-bond acceptors (Lipinski definition) is 3. The molecule has 1 amide bonds. The Morgan fingerprint density at radius 2 is 2.15 bits per heavy atom. The Morgan fingerprint density at radius 1 is 1.62 bits per heavy atom. The van der Waals surface area contributed by atoms with Crippen LogP contribution in [-0.2, 0) is 4.79 Å². The molecule has 0 aromatic carbocycles. The zero-order valence-electron chi connectivity index (χ0n) is 8.37. The largest absolute Gasteiger partial charge is 0.348 e. The number of amides is 1. The van der Waals surface area contributed by atoms with Gasteiger partial charge in [-0.25, -0.2) is 0 Å². The van der Waals surface area contributed by atoms with Crippen molar-refractivity contribution >= 4 is 5.91 Å². The van der Waals surface area contributed by atoms with Gasteiger partial charge in [0.1, 0.15) is 0 Å². The zero-order chi connectivity index (χ0) is 10.1. The molecule has 1 saturated heterocycles. The van der Waals surface area contributed by atoms with Crippen molar-refractivity contribution in [2.45, 2.75) is 6.92 Å². The Morgan fingerprint density at radius 3 is 2.54 bits per heavy atom. The van der Waals surface area contributed by atoms with Gasteiger partial charge in [0, 0.05) is 27.2 Å². The number of nitriles is 1. The van der Waals surface area contributed by atoms with Gasteiger partial charge in [-0.15, -0.1) is 0 Å². The number of nitrogens with zero attached hydrogens (tertiary/aromatic N) is 3. The van der Waals surface area contributed by atoms with E-state index in [2.05, 4.69) is 6.07 Å². The van der Waals surface area contributed by atoms with Crippen LogP contribution in [0.1, 0.15) is 6.92 Å². The summed E-state index contributed by atoms with van der Waals surface area (Å²) in [5, 5.41) is 8.73. The molecule has 1 rings (SSSR count). The average Bonchev–Trinajstić information content (AvgIpc) is 2.01. The molecule has 0 saturated carbocycles. The molecule has 0 bridgehead atoms. The molecule has 4 heteroatoms. The summed E-state index contributed by atoms with van der Waals surface area (Å²) in [6.07, 6.45) is 0. The van der Waals surface area contributed by atoms with E-state index in [4.69, 9.17) is 5.26 Å². The van der Waals surface area contributed by atoms with Crippen molar-refractivity contribution in [1.29, 1.82) is 5.26 Å². The Kier molecular flexibility index (Phi) is 2.58. The van der Waals surface area contributed by atoms with Gasteiger partial charge in [-0.3, -0.25) is 9.69 Å². The highest BCUT2D eigenvalue weighted by molar-refractivity contribution is 5.77. The lowest BCUT2D eigenvalue weighted by Gasteiger charge is -2.43. The lowest BCUT2D eigenvalue weighted by atomic mass is 9.84. The molecule has 4 nitrogen and oxygen atoms in total. The van der Waals surface area contributed by atoms with Crippen LogP contribution in [0.15, 0.2) is 0 Å². The van der Waals surface area contributed by atoms with Crippen molar-refractivity contribution in [3.63, 3.8) is 0 Å². The third-order valence-corrected chi connectivity index (χ3v) is 2.27. The molecule has 1 heterocycles. The second-order valence-electron chi connectivity index (χ2n) is 4.11. The fourth-order valence-corrected chi connectivity index (χ4v) is 1.46. The van der Waals surface area contributed by atoms with Gasteiger partial charge in [0.25, 0.3) is 0 Å². The third-order valence-electron chi connectivity index (χ3n) is 2.27. The molecule has 72 valence electrons. The first-order chi connectivity index (χ1) is 5.97. The van der Waals surface area contributed by atoms with Crippen molar-refractivity contribution in [2.24, 2.45) is 5.41 Å². The second kappa shape index (κ2) is 3.35. The quantitative estimate of drug-likeness (QED) is 0.598. The minimum atomic E-state index is -0.230. The number of likely N-dealkylation sites (N-methyl/N-ethyl adjacent to an activating group) is 1. The predicted molar refractivity (Wildman–Crippen MR) is 48.9 cm³/mol. The first kappa shape index (κ1) is 10.0. The summed E-state index contributed by atoms with van der Waals surface area (Å²) in [4.78, 5) is 14.8. The maximum absolute atomic E-state index is 11.2. The Hall–Kier alpha value is -1.08. The highest BCUT2D eigenvalue weighted by Crippen LogP contribution is 2.27. The summed E-state index contributed by atoms with van der Waals surface area (Å²) < 4.78 is 0. The molecular weight excluding hydrogens is 166 g/mol. The van der Waals surface area contributed by atoms with E-state index in [0.29, 0.717) is 19.6 Å². The molecule has 1 aliphatic heterocycles. The molecule has 1 aliphatic rings. The molecule has 0 radical (unpaired) electrons. The van der Waals surface area contributed by atoms with Gasteiger partial charge in [0.05, 0.1) is 18.0 Å². The van der Waals surface area contributed by atoms with E-state index in [1.807, 2.05) is 11.8 Å². The van der Waals surface area contributed by atoms with Gasteiger partial charge in [0.15, 0.2) is 0 Å². The standard InChI is InChI=1S/C9H15N3O/c1-9(5-10)6-12(7-9)4-8(13)11(2)3/h4,6-7H2,1-3H3. The van der Waals surface area contributed by atoms with Crippen LogP contribution in [0.2, 0.25) is 0 Å². The van der Waals surface area contributed by atoms with Gasteiger partial charge in [-0.1, -0.05) is 0 Å². The first-order valence-electron chi connectivity index (χ1n) is 4.31. The fraction of sp³-hybridized carbons (Fsp3) is 0.778. The fourth-order valence-electron chi connectivity index (χ4n) is 1.46. The van der Waals surface area contributed by atoms with Crippen LogP contribution in [-0.4, -0.2) is 49.4 Å². The number of carbonyl (C=O) groups is 1. The van der Waals surface area contributed by atoms with E-state index >= 15 is 0 Å². The number of hydrogen-bond donors (Lipinski definition) is 0. The van der Waals surface area contributed by atoms with Crippen molar-refractivity contribution in [1.82, 2.24) is 9.80 Å². The normalized spacial score (nSPS) is 20.2. The van der Waals surface area contributed by atoms with E-state index in [-0.39, 0.29) is 11.3 Å². The average molecular weight is 181 g/mol. The van der Waals surface area contributed by atoms with E-state index in [1.165, 1.54) is 0 Å². The third kappa shape index (κ3) is 2.19. The van der Waals surface area contributed by atoms with Crippen LogP contribution in [0.3, 0.4) is 0 Å². The Bertz CT molecular complexity index is 248. The molecular formula is C9H15N3O. The zero-order valence-corrected chi connectivity index (χ0v) is 8.37. The molecule has 13 heavy (non-hydrogen) atoms. The summed E-state index contributed by atoms with van der Waals surface area (Å²) in [5.74, 6) is 0.0972. The summed E-state index contributed by atoms with van der Waals surface area (Å²) in [5.41, 5.74) is -0.230. The molecule has 0 unspecified atom stereocenters. The van der Waals surface area contributed by atoms with Crippen LogP contribution in [0, 0.1) is 16.7 Å². The monoisotopic (exact) mass is 181 g/mol. The van der Waals surface area contributed by atoms with Crippen LogP contribution >= 0.6 is 0 Å². The van der Waals surface area contributed by atoms with Crippen molar-refractivity contribution in [2.75, 3.05) is 33.7 Å². The van der Waals surface area contributed by atoms with Crippen LogP contribution in [0.5, 0.6) is 0 Å². The van der Waals surface area contributed by atoms with Gasteiger partial charge in [0.2, 0.25) is 5.91 Å². The molecule has 0 aromatic rings. The molecule has 0 N–H and O–H groups in total. The molecule has 0 spiro atoms. The maximum atomic E-state index is 11.2. The van der Waals surface area contributed by atoms with Crippen LogP contribution in [0.4, 0.5) is 0 Å². The second-order valence-corrected chi connectivity index (χ2v) is 4.11. The van der Waals surface area contributed by atoms with Gasteiger partial charge in [-0.2, -0.15) is 5.26 Å². The Labute approximate surface area is 78.7 Å². The Balaban J connectivity index is 2.31. The summed E-state index contributed by atoms with van der Waals surface area (Å²) in [6, 6.07) is 2.24. The van der Waals surface area contributed by atoms with Crippen molar-refractivity contribution < 1.29 is 4.79 Å². The maximum Gasteiger partial charge on any atom is 0.236 e. The van der Waals surface area contributed by atoms with Gasteiger partial charge in [-0.05, 0) is 6.92 Å². The smallest absolute Gasteiger partial charge is 0.236 e. The highest BCUT2D eigenvalue weighted by Gasteiger charge is 2.39. The lowest BCUT2D eigenvalue weighted by molar-refractivity contribution is -0.132. The van der Waals surface area contributed by atoms with Crippen molar-refractivity contribution in [3.05, 3.63) is 0 Å². The van der Waals surface area contributed by atoms with E-state index in [1.54, 1.807) is 19.0 Å². The van der Waals surface area contributed by atoms with Crippen LogP contribution < -0.4 is 0 Å².